The summed E-state index contributed by atoms with van der Waals surface area (Å²) in [6, 6.07) is -1.07. The van der Waals surface area contributed by atoms with Crippen molar-refractivity contribution < 1.29 is 19.8 Å². The van der Waals surface area contributed by atoms with Gasteiger partial charge in [-0.3, -0.25) is 9.59 Å². The maximum Gasteiger partial charge on any atom is 0.325 e. The Balaban J connectivity index is 2.15. The molecule has 3 rings (SSSR count). The van der Waals surface area contributed by atoms with Crippen molar-refractivity contribution in [2.24, 2.45) is 0 Å². The molecular weight excluding hydrogens is 352 g/mol. The number of aromatic nitrogens is 1. The number of allylic oxidation sites excluding steroid dienone is 2. The number of carbonyl (C=O) groups is 2. The number of aliphatic carboxylic acids is 1. The number of aryl methyl sites for hydroxylation is 1. The lowest BCUT2D eigenvalue weighted by atomic mass is 10.0. The number of carbonyl (C=O) groups excluding carboxylic acids is 1. The molecule has 3 N–H and O–H groups in total. The van der Waals surface area contributed by atoms with Crippen molar-refractivity contribution in [2.45, 2.75) is 39.7 Å². The molecule has 2 heterocycles. The number of carboxylic acid groups (broad SMARTS) is 1. The highest BCUT2D eigenvalue weighted by Gasteiger charge is 2.25. The molecule has 0 aliphatic heterocycles. The van der Waals surface area contributed by atoms with Gasteiger partial charge in [0.2, 0.25) is 0 Å². The summed E-state index contributed by atoms with van der Waals surface area (Å²) in [5.74, 6) is -2.06. The molecule has 7 heteroatoms. The molecule has 0 saturated heterocycles. The SMILES string of the molecule is CCC1=Cc2c(sc3c(O)c(C(=O)NC(C)C(=O)O)nc(C)c23)C=CC1. The van der Waals surface area contributed by atoms with E-state index in [9.17, 15) is 14.7 Å². The van der Waals surface area contributed by atoms with E-state index in [0.29, 0.717) is 10.4 Å². The van der Waals surface area contributed by atoms with Gasteiger partial charge in [0, 0.05) is 21.5 Å². The summed E-state index contributed by atoms with van der Waals surface area (Å²) < 4.78 is 0.592. The predicted octanol–water partition coefficient (Wildman–Crippen LogP) is 3.72. The Hall–Kier alpha value is -2.67. The summed E-state index contributed by atoms with van der Waals surface area (Å²) in [5.41, 5.74) is 2.78. The van der Waals surface area contributed by atoms with E-state index in [0.717, 1.165) is 28.7 Å². The molecule has 0 fully saturated rings. The first-order valence-corrected chi connectivity index (χ1v) is 9.20. The summed E-state index contributed by atoms with van der Waals surface area (Å²) in [7, 11) is 0. The van der Waals surface area contributed by atoms with Crippen LogP contribution in [-0.4, -0.2) is 33.1 Å². The van der Waals surface area contributed by atoms with Crippen LogP contribution in [0.15, 0.2) is 11.6 Å². The number of pyridine rings is 1. The lowest BCUT2D eigenvalue weighted by molar-refractivity contribution is -0.138. The summed E-state index contributed by atoms with van der Waals surface area (Å²) in [6.45, 7) is 5.26. The molecule has 1 unspecified atom stereocenters. The van der Waals surface area contributed by atoms with Gasteiger partial charge in [0.05, 0.1) is 4.70 Å². The Labute approximate surface area is 154 Å². The summed E-state index contributed by atoms with van der Waals surface area (Å²) in [6.07, 6.45) is 8.09. The second-order valence-corrected chi connectivity index (χ2v) is 7.33. The fourth-order valence-corrected chi connectivity index (χ4v) is 4.16. The number of nitrogens with one attached hydrogen (secondary N) is 1. The quantitative estimate of drug-likeness (QED) is 0.759. The summed E-state index contributed by atoms with van der Waals surface area (Å²) in [4.78, 5) is 28.6. The van der Waals surface area contributed by atoms with Crippen molar-refractivity contribution in [3.05, 3.63) is 33.5 Å². The molecule has 136 valence electrons. The molecule has 0 radical (unpaired) electrons. The van der Waals surface area contributed by atoms with Crippen LogP contribution >= 0.6 is 11.3 Å². The lowest BCUT2D eigenvalue weighted by Crippen LogP contribution is -2.38. The minimum Gasteiger partial charge on any atom is -0.504 e. The normalized spacial score (nSPS) is 14.5. The molecule has 1 aliphatic rings. The van der Waals surface area contributed by atoms with Crippen LogP contribution in [0.1, 0.15) is 53.3 Å². The van der Waals surface area contributed by atoms with Gasteiger partial charge in [0.25, 0.3) is 5.91 Å². The van der Waals surface area contributed by atoms with Gasteiger partial charge in [-0.2, -0.15) is 0 Å². The molecule has 0 aromatic carbocycles. The zero-order chi connectivity index (χ0) is 19.0. The van der Waals surface area contributed by atoms with Crippen LogP contribution in [0.25, 0.3) is 22.2 Å². The highest BCUT2D eigenvalue weighted by atomic mass is 32.1. The van der Waals surface area contributed by atoms with Crippen molar-refractivity contribution in [2.75, 3.05) is 0 Å². The fraction of sp³-hybridized carbons (Fsp3) is 0.316. The van der Waals surface area contributed by atoms with E-state index in [-0.39, 0.29) is 11.4 Å². The number of hydrogen-bond acceptors (Lipinski definition) is 5. The van der Waals surface area contributed by atoms with Crippen LogP contribution in [0.5, 0.6) is 5.75 Å². The van der Waals surface area contributed by atoms with Crippen molar-refractivity contribution >= 4 is 45.5 Å². The van der Waals surface area contributed by atoms with Crippen LogP contribution < -0.4 is 5.32 Å². The third-order valence-corrected chi connectivity index (χ3v) is 5.62. The molecule has 1 atom stereocenters. The van der Waals surface area contributed by atoms with Crippen molar-refractivity contribution in [3.63, 3.8) is 0 Å². The van der Waals surface area contributed by atoms with Gasteiger partial charge in [0.15, 0.2) is 11.4 Å². The van der Waals surface area contributed by atoms with Crippen LogP contribution in [0, 0.1) is 6.92 Å². The number of nitrogens with zero attached hydrogens (tertiary/aromatic N) is 1. The molecule has 1 aliphatic carbocycles. The van der Waals surface area contributed by atoms with Crippen molar-refractivity contribution in [1.29, 1.82) is 0 Å². The molecule has 2 aromatic heterocycles. The Morgan fingerprint density at radius 2 is 2.15 bits per heavy atom. The number of thiophene rings is 1. The van der Waals surface area contributed by atoms with E-state index < -0.39 is 17.9 Å². The number of amides is 1. The zero-order valence-corrected chi connectivity index (χ0v) is 15.6. The van der Waals surface area contributed by atoms with Crippen LogP contribution in [0.3, 0.4) is 0 Å². The summed E-state index contributed by atoms with van der Waals surface area (Å²) in [5, 5.41) is 22.8. The molecule has 0 saturated carbocycles. The number of hydrogen-bond donors (Lipinski definition) is 3. The minimum absolute atomic E-state index is 0.150. The van der Waals surface area contributed by atoms with Gasteiger partial charge in [-0.25, -0.2) is 4.98 Å². The topological polar surface area (TPSA) is 99.5 Å². The van der Waals surface area contributed by atoms with Crippen molar-refractivity contribution in [1.82, 2.24) is 10.3 Å². The van der Waals surface area contributed by atoms with Gasteiger partial charge >= 0.3 is 5.97 Å². The highest BCUT2D eigenvalue weighted by molar-refractivity contribution is 7.20. The Bertz CT molecular complexity index is 972. The van der Waals surface area contributed by atoms with Gasteiger partial charge < -0.3 is 15.5 Å². The average Bonchev–Trinajstić information content (AvgIpc) is 2.83. The number of rotatable bonds is 4. The van der Waals surface area contributed by atoms with E-state index >= 15 is 0 Å². The molecule has 0 bridgehead atoms. The molecule has 0 spiro atoms. The Morgan fingerprint density at radius 3 is 2.81 bits per heavy atom. The van der Waals surface area contributed by atoms with E-state index in [4.69, 9.17) is 5.11 Å². The summed E-state index contributed by atoms with van der Waals surface area (Å²) >= 11 is 1.41. The lowest BCUT2D eigenvalue weighted by Gasteiger charge is -2.11. The molecule has 2 aromatic rings. The standard InChI is InChI=1S/C19H20N2O4S/c1-4-11-6-5-7-13-12(8-11)14-9(2)20-15(16(22)17(14)26-13)18(23)21-10(3)19(24)25/h5,7-8,10,22H,4,6H2,1-3H3,(H,21,23)(H,24,25). The van der Waals surface area contributed by atoms with Crippen LogP contribution in [0.4, 0.5) is 0 Å². The van der Waals surface area contributed by atoms with Crippen LogP contribution in [-0.2, 0) is 4.79 Å². The van der Waals surface area contributed by atoms with Gasteiger partial charge in [-0.05, 0) is 32.8 Å². The first-order valence-electron chi connectivity index (χ1n) is 8.39. The highest BCUT2D eigenvalue weighted by Crippen LogP contribution is 2.42. The van der Waals surface area contributed by atoms with E-state index in [1.165, 1.54) is 23.8 Å². The van der Waals surface area contributed by atoms with Gasteiger partial charge in [-0.15, -0.1) is 11.3 Å². The van der Waals surface area contributed by atoms with E-state index in [1.54, 1.807) is 6.92 Å². The van der Waals surface area contributed by atoms with Crippen LogP contribution in [0.2, 0.25) is 0 Å². The average molecular weight is 372 g/mol. The monoisotopic (exact) mass is 372 g/mol. The number of fused-ring (bicyclic) bond motifs is 3. The first kappa shape index (κ1) is 18.1. The first-order chi connectivity index (χ1) is 12.3. The molecule has 1 amide bonds. The number of aromatic hydroxyl groups is 1. The fourth-order valence-electron chi connectivity index (χ4n) is 2.95. The Kier molecular flexibility index (Phi) is 4.82. The largest absolute Gasteiger partial charge is 0.504 e. The minimum atomic E-state index is -1.15. The third-order valence-electron chi connectivity index (χ3n) is 4.44. The second-order valence-electron chi connectivity index (χ2n) is 6.27. The number of carboxylic acids is 1. The zero-order valence-electron chi connectivity index (χ0n) is 14.8. The third kappa shape index (κ3) is 3.10. The van der Waals surface area contributed by atoms with E-state index in [1.807, 2.05) is 6.08 Å². The van der Waals surface area contributed by atoms with Gasteiger partial charge in [-0.1, -0.05) is 24.6 Å². The van der Waals surface area contributed by atoms with Crippen molar-refractivity contribution in [3.8, 4) is 5.75 Å². The molecule has 26 heavy (non-hydrogen) atoms. The Morgan fingerprint density at radius 1 is 1.42 bits per heavy atom. The maximum atomic E-state index is 12.4. The second kappa shape index (κ2) is 6.92. The van der Waals surface area contributed by atoms with Gasteiger partial charge in [0.1, 0.15) is 6.04 Å². The van der Waals surface area contributed by atoms with E-state index in [2.05, 4.69) is 29.4 Å². The smallest absolute Gasteiger partial charge is 0.325 e. The molecular formula is C19H20N2O4S. The maximum absolute atomic E-state index is 12.4. The molecule has 6 nitrogen and oxygen atoms in total. The predicted molar refractivity (Wildman–Crippen MR) is 103 cm³/mol.